The minimum Gasteiger partial charge on any atom is -0.493 e. The van der Waals surface area contributed by atoms with Gasteiger partial charge >= 0.3 is 5.97 Å². The second-order valence-electron chi connectivity index (χ2n) is 4.67. The normalized spacial score (nSPS) is 11.9. The molecule has 0 aliphatic rings. The van der Waals surface area contributed by atoms with Gasteiger partial charge in [-0.15, -0.1) is 0 Å². The Morgan fingerprint density at radius 3 is 2.65 bits per heavy atom. The minimum atomic E-state index is -0.364. The Kier molecular flexibility index (Phi) is 4.76. The van der Waals surface area contributed by atoms with Gasteiger partial charge in [0.1, 0.15) is 11.4 Å². The fourth-order valence-electron chi connectivity index (χ4n) is 1.67. The summed E-state index contributed by atoms with van der Waals surface area (Å²) in [5.41, 5.74) is 0.446. The fraction of sp³-hybridized carbons (Fsp3) is 0.333. The first-order chi connectivity index (χ1) is 9.66. The standard InChI is InChI=1S/C15H18N2O3/c1-12(10-19-13-6-4-3-5-7-13)11-20-15(18)14-8-9-16-17(14)2/h3-9,12H,10-11H2,1-2H3/t12-/m0/s1. The second kappa shape index (κ2) is 6.75. The Morgan fingerprint density at radius 2 is 2.00 bits per heavy atom. The maximum atomic E-state index is 11.8. The Balaban J connectivity index is 1.74. The zero-order valence-corrected chi connectivity index (χ0v) is 11.7. The van der Waals surface area contributed by atoms with Crippen molar-refractivity contribution in [2.75, 3.05) is 13.2 Å². The molecule has 0 fully saturated rings. The third-order valence-corrected chi connectivity index (χ3v) is 2.81. The molecule has 2 aromatic rings. The van der Waals surface area contributed by atoms with E-state index in [9.17, 15) is 4.79 Å². The number of esters is 1. The zero-order valence-electron chi connectivity index (χ0n) is 11.7. The molecule has 106 valence electrons. The van der Waals surface area contributed by atoms with Crippen LogP contribution in [0.25, 0.3) is 0 Å². The van der Waals surface area contributed by atoms with Gasteiger partial charge in [0.15, 0.2) is 0 Å². The summed E-state index contributed by atoms with van der Waals surface area (Å²) >= 11 is 0. The molecule has 20 heavy (non-hydrogen) atoms. The molecule has 0 amide bonds. The molecule has 0 radical (unpaired) electrons. The molecule has 0 saturated carbocycles. The van der Waals surface area contributed by atoms with Gasteiger partial charge < -0.3 is 9.47 Å². The van der Waals surface area contributed by atoms with Crippen molar-refractivity contribution < 1.29 is 14.3 Å². The number of para-hydroxylation sites is 1. The number of carbonyl (C=O) groups excluding carboxylic acids is 1. The van der Waals surface area contributed by atoms with Crippen LogP contribution in [0.4, 0.5) is 0 Å². The van der Waals surface area contributed by atoms with Crippen molar-refractivity contribution in [3.63, 3.8) is 0 Å². The lowest BCUT2D eigenvalue weighted by atomic mass is 10.2. The molecule has 2 rings (SSSR count). The van der Waals surface area contributed by atoms with Crippen LogP contribution in [0.2, 0.25) is 0 Å². The fourth-order valence-corrected chi connectivity index (χ4v) is 1.67. The van der Waals surface area contributed by atoms with E-state index in [1.807, 2.05) is 37.3 Å². The average molecular weight is 274 g/mol. The SMILES string of the molecule is C[C@H](COC(=O)c1ccnn1C)COc1ccccc1. The zero-order chi connectivity index (χ0) is 14.4. The number of carbonyl (C=O) groups is 1. The van der Waals surface area contributed by atoms with Crippen LogP contribution in [0, 0.1) is 5.92 Å². The Labute approximate surface area is 118 Å². The molecule has 1 aromatic carbocycles. The first-order valence-electron chi connectivity index (χ1n) is 6.50. The number of hydrogen-bond acceptors (Lipinski definition) is 4. The summed E-state index contributed by atoms with van der Waals surface area (Å²) in [6.45, 7) is 2.79. The highest BCUT2D eigenvalue weighted by Gasteiger charge is 2.13. The van der Waals surface area contributed by atoms with E-state index in [2.05, 4.69) is 5.10 Å². The lowest BCUT2D eigenvalue weighted by Crippen LogP contribution is -2.19. The van der Waals surface area contributed by atoms with Gasteiger partial charge in [-0.3, -0.25) is 4.68 Å². The number of nitrogens with zero attached hydrogens (tertiary/aromatic N) is 2. The maximum Gasteiger partial charge on any atom is 0.356 e. The van der Waals surface area contributed by atoms with Gasteiger partial charge in [0.2, 0.25) is 0 Å². The molecular formula is C15H18N2O3. The molecule has 1 atom stereocenters. The second-order valence-corrected chi connectivity index (χ2v) is 4.67. The van der Waals surface area contributed by atoms with Crippen molar-refractivity contribution in [3.05, 3.63) is 48.3 Å². The van der Waals surface area contributed by atoms with E-state index in [0.29, 0.717) is 18.9 Å². The topological polar surface area (TPSA) is 53.3 Å². The van der Waals surface area contributed by atoms with Gasteiger partial charge in [-0.05, 0) is 18.2 Å². The van der Waals surface area contributed by atoms with Crippen molar-refractivity contribution in [2.45, 2.75) is 6.92 Å². The molecule has 0 N–H and O–H groups in total. The minimum absolute atomic E-state index is 0.118. The number of aryl methyl sites for hydroxylation is 1. The number of hydrogen-bond donors (Lipinski definition) is 0. The number of aromatic nitrogens is 2. The van der Waals surface area contributed by atoms with Gasteiger partial charge in [0.05, 0.1) is 13.2 Å². The molecular weight excluding hydrogens is 256 g/mol. The highest BCUT2D eigenvalue weighted by molar-refractivity contribution is 5.87. The van der Waals surface area contributed by atoms with E-state index < -0.39 is 0 Å². The monoisotopic (exact) mass is 274 g/mol. The van der Waals surface area contributed by atoms with E-state index in [1.54, 1.807) is 19.3 Å². The number of rotatable bonds is 6. The predicted octanol–water partition coefficient (Wildman–Crippen LogP) is 2.29. The van der Waals surface area contributed by atoms with Crippen molar-refractivity contribution in [1.82, 2.24) is 9.78 Å². The van der Waals surface area contributed by atoms with Crippen LogP contribution < -0.4 is 4.74 Å². The van der Waals surface area contributed by atoms with Crippen LogP contribution in [0.3, 0.4) is 0 Å². The van der Waals surface area contributed by atoms with Gasteiger partial charge in [0, 0.05) is 19.2 Å². The van der Waals surface area contributed by atoms with E-state index in [-0.39, 0.29) is 11.9 Å². The van der Waals surface area contributed by atoms with Crippen molar-refractivity contribution in [2.24, 2.45) is 13.0 Å². The molecule has 0 unspecified atom stereocenters. The molecule has 1 aromatic heterocycles. The van der Waals surface area contributed by atoms with E-state index in [0.717, 1.165) is 5.75 Å². The molecule has 0 saturated heterocycles. The van der Waals surface area contributed by atoms with Crippen LogP contribution in [-0.2, 0) is 11.8 Å². The third-order valence-electron chi connectivity index (χ3n) is 2.81. The van der Waals surface area contributed by atoms with E-state index in [1.165, 1.54) is 4.68 Å². The summed E-state index contributed by atoms with van der Waals surface area (Å²) in [5, 5.41) is 3.93. The van der Waals surface area contributed by atoms with Crippen molar-refractivity contribution in [1.29, 1.82) is 0 Å². The summed E-state index contributed by atoms with van der Waals surface area (Å²) in [6, 6.07) is 11.2. The van der Waals surface area contributed by atoms with Crippen LogP contribution in [0.5, 0.6) is 5.75 Å². The molecule has 0 aliphatic carbocycles. The Hall–Kier alpha value is -2.30. The van der Waals surface area contributed by atoms with Gasteiger partial charge in [-0.2, -0.15) is 5.10 Å². The number of benzene rings is 1. The predicted molar refractivity (Wildman–Crippen MR) is 74.6 cm³/mol. The molecule has 0 spiro atoms. The van der Waals surface area contributed by atoms with E-state index >= 15 is 0 Å². The van der Waals surface area contributed by atoms with Crippen LogP contribution in [0.15, 0.2) is 42.6 Å². The largest absolute Gasteiger partial charge is 0.493 e. The summed E-state index contributed by atoms with van der Waals surface area (Å²) in [7, 11) is 1.71. The molecule has 5 heteroatoms. The summed E-state index contributed by atoms with van der Waals surface area (Å²) in [6.07, 6.45) is 1.57. The first-order valence-corrected chi connectivity index (χ1v) is 6.50. The summed E-state index contributed by atoms with van der Waals surface area (Å²) in [5.74, 6) is 0.571. The van der Waals surface area contributed by atoms with Crippen molar-refractivity contribution >= 4 is 5.97 Å². The third kappa shape index (κ3) is 3.85. The lowest BCUT2D eigenvalue weighted by molar-refractivity contribution is 0.0402. The average Bonchev–Trinajstić information content (AvgIpc) is 2.90. The van der Waals surface area contributed by atoms with E-state index in [4.69, 9.17) is 9.47 Å². The lowest BCUT2D eigenvalue weighted by Gasteiger charge is -2.13. The van der Waals surface area contributed by atoms with Crippen LogP contribution >= 0.6 is 0 Å². The highest BCUT2D eigenvalue weighted by atomic mass is 16.5. The quantitative estimate of drug-likeness (QED) is 0.758. The highest BCUT2D eigenvalue weighted by Crippen LogP contribution is 2.10. The molecule has 1 heterocycles. The molecule has 5 nitrogen and oxygen atoms in total. The summed E-state index contributed by atoms with van der Waals surface area (Å²) in [4.78, 5) is 11.8. The van der Waals surface area contributed by atoms with Crippen LogP contribution in [-0.4, -0.2) is 29.0 Å². The molecule has 0 aliphatic heterocycles. The summed E-state index contributed by atoms with van der Waals surface area (Å²) < 4.78 is 12.3. The van der Waals surface area contributed by atoms with Gasteiger partial charge in [0.25, 0.3) is 0 Å². The number of ether oxygens (including phenoxy) is 2. The van der Waals surface area contributed by atoms with Crippen LogP contribution in [0.1, 0.15) is 17.4 Å². The van der Waals surface area contributed by atoms with Gasteiger partial charge in [-0.25, -0.2) is 4.79 Å². The Bertz CT molecular complexity index is 551. The van der Waals surface area contributed by atoms with Crippen molar-refractivity contribution in [3.8, 4) is 5.75 Å². The molecule has 0 bridgehead atoms. The first kappa shape index (κ1) is 14.1. The Morgan fingerprint density at radius 1 is 1.25 bits per heavy atom. The maximum absolute atomic E-state index is 11.8. The van der Waals surface area contributed by atoms with Gasteiger partial charge in [-0.1, -0.05) is 25.1 Å². The smallest absolute Gasteiger partial charge is 0.356 e.